The van der Waals surface area contributed by atoms with Crippen LogP contribution in [0.25, 0.3) is 0 Å². The zero-order chi connectivity index (χ0) is 8.43. The van der Waals surface area contributed by atoms with Gasteiger partial charge in [0.15, 0.2) is 0 Å². The molecule has 0 saturated heterocycles. The average molecular weight is 159 g/mol. The van der Waals surface area contributed by atoms with Crippen molar-refractivity contribution in [3.05, 3.63) is 17.5 Å². The lowest BCUT2D eigenvalue weighted by Crippen LogP contribution is -2.01. The van der Waals surface area contributed by atoms with E-state index in [4.69, 9.17) is 5.73 Å². The molecule has 1 heterocycles. The van der Waals surface area contributed by atoms with Gasteiger partial charge in [-0.3, -0.25) is 0 Å². The Morgan fingerprint density at radius 2 is 2.18 bits per heavy atom. The first-order chi connectivity index (χ1) is 5.11. The van der Waals surface area contributed by atoms with Crippen molar-refractivity contribution in [2.45, 2.75) is 13.3 Å². The van der Waals surface area contributed by atoms with Gasteiger partial charge in [0.25, 0.3) is 6.43 Å². The molecule has 5 heteroatoms. The van der Waals surface area contributed by atoms with Crippen molar-refractivity contribution in [2.75, 3.05) is 5.73 Å². The van der Waals surface area contributed by atoms with Crippen molar-refractivity contribution in [1.29, 1.82) is 0 Å². The molecule has 0 aliphatic carbocycles. The minimum absolute atomic E-state index is 0.120. The maximum absolute atomic E-state index is 12.1. The highest BCUT2D eigenvalue weighted by molar-refractivity contribution is 5.24. The number of hydrogen-bond donors (Lipinski definition) is 1. The van der Waals surface area contributed by atoms with E-state index < -0.39 is 6.43 Å². The van der Waals surface area contributed by atoms with Crippen LogP contribution in [0.3, 0.4) is 0 Å². The zero-order valence-electron chi connectivity index (χ0n) is 5.88. The molecule has 0 fully saturated rings. The predicted octanol–water partition coefficient (Wildman–Crippen LogP) is 1.30. The Kier molecular flexibility index (Phi) is 1.98. The average Bonchev–Trinajstić information content (AvgIpc) is 1.94. The Bertz CT molecular complexity index is 262. The van der Waals surface area contributed by atoms with E-state index in [-0.39, 0.29) is 11.6 Å². The fourth-order valence-corrected chi connectivity index (χ4v) is 0.690. The van der Waals surface area contributed by atoms with E-state index in [2.05, 4.69) is 9.97 Å². The number of nitrogens with two attached hydrogens (primary N) is 1. The number of halogens is 2. The molecule has 0 aromatic carbocycles. The van der Waals surface area contributed by atoms with E-state index in [0.29, 0.717) is 5.56 Å². The van der Waals surface area contributed by atoms with Gasteiger partial charge >= 0.3 is 0 Å². The van der Waals surface area contributed by atoms with Crippen molar-refractivity contribution in [1.82, 2.24) is 9.97 Å². The highest BCUT2D eigenvalue weighted by atomic mass is 19.3. The number of nitrogens with zero attached hydrogens (tertiary/aromatic N) is 2. The fraction of sp³-hybridized carbons (Fsp3) is 0.333. The summed E-state index contributed by atoms with van der Waals surface area (Å²) < 4.78 is 24.1. The van der Waals surface area contributed by atoms with Crippen molar-refractivity contribution in [2.24, 2.45) is 0 Å². The minimum atomic E-state index is -2.58. The van der Waals surface area contributed by atoms with E-state index in [0.717, 1.165) is 0 Å². The first kappa shape index (κ1) is 7.84. The monoisotopic (exact) mass is 159 g/mol. The third kappa shape index (κ3) is 1.60. The normalized spacial score (nSPS) is 10.5. The van der Waals surface area contributed by atoms with Gasteiger partial charge in [-0.15, -0.1) is 0 Å². The summed E-state index contributed by atoms with van der Waals surface area (Å²) in [5, 5.41) is 0. The summed E-state index contributed by atoms with van der Waals surface area (Å²) >= 11 is 0. The van der Waals surface area contributed by atoms with Crippen LogP contribution in [-0.4, -0.2) is 9.97 Å². The molecule has 1 aromatic heterocycles. The maximum Gasteiger partial charge on any atom is 0.280 e. The van der Waals surface area contributed by atoms with Crippen molar-refractivity contribution in [3.63, 3.8) is 0 Å². The summed E-state index contributed by atoms with van der Waals surface area (Å²) in [5.74, 6) is -0.120. The van der Waals surface area contributed by atoms with E-state index >= 15 is 0 Å². The summed E-state index contributed by atoms with van der Waals surface area (Å²) in [4.78, 5) is 6.94. The molecule has 0 unspecified atom stereocenters. The molecule has 3 nitrogen and oxygen atoms in total. The van der Waals surface area contributed by atoms with Gasteiger partial charge in [0.1, 0.15) is 5.69 Å². The molecule has 0 bridgehead atoms. The van der Waals surface area contributed by atoms with Gasteiger partial charge in [-0.05, 0) is 12.5 Å². The molecule has 1 aromatic rings. The fourth-order valence-electron chi connectivity index (χ4n) is 0.690. The summed E-state index contributed by atoms with van der Waals surface area (Å²) in [6.07, 6.45) is -1.30. The predicted molar refractivity (Wildman–Crippen MR) is 36.1 cm³/mol. The van der Waals surface area contributed by atoms with Crippen LogP contribution in [0.1, 0.15) is 17.7 Å². The summed E-state index contributed by atoms with van der Waals surface area (Å²) in [7, 11) is 0. The lowest BCUT2D eigenvalue weighted by molar-refractivity contribution is 0.145. The number of rotatable bonds is 1. The Hall–Kier alpha value is -1.26. The molecular weight excluding hydrogens is 152 g/mol. The van der Waals surface area contributed by atoms with Gasteiger partial charge in [0.2, 0.25) is 5.95 Å². The minimum Gasteiger partial charge on any atom is -0.368 e. The van der Waals surface area contributed by atoms with Crippen LogP contribution in [0.4, 0.5) is 14.7 Å². The molecule has 0 radical (unpaired) electrons. The number of nitrogen functional groups attached to an aromatic ring is 1. The number of hydrogen-bond acceptors (Lipinski definition) is 3. The van der Waals surface area contributed by atoms with Gasteiger partial charge in [-0.25, -0.2) is 18.7 Å². The zero-order valence-corrected chi connectivity index (χ0v) is 5.88. The number of anilines is 1. The van der Waals surface area contributed by atoms with Crippen molar-refractivity contribution < 1.29 is 8.78 Å². The Labute approximate surface area is 62.3 Å². The lowest BCUT2D eigenvalue weighted by atomic mass is 10.3. The van der Waals surface area contributed by atoms with Crippen LogP contribution in [0.5, 0.6) is 0 Å². The van der Waals surface area contributed by atoms with Crippen LogP contribution in [-0.2, 0) is 0 Å². The van der Waals surface area contributed by atoms with E-state index in [9.17, 15) is 8.78 Å². The molecule has 2 N–H and O–H groups in total. The smallest absolute Gasteiger partial charge is 0.280 e. The second-order valence-corrected chi connectivity index (χ2v) is 2.10. The van der Waals surface area contributed by atoms with Crippen LogP contribution >= 0.6 is 0 Å². The van der Waals surface area contributed by atoms with Gasteiger partial charge in [-0.2, -0.15) is 0 Å². The van der Waals surface area contributed by atoms with Crippen molar-refractivity contribution >= 4 is 5.95 Å². The molecule has 0 saturated carbocycles. The van der Waals surface area contributed by atoms with E-state index in [1.165, 1.54) is 13.1 Å². The van der Waals surface area contributed by atoms with E-state index in [1.54, 1.807) is 0 Å². The summed E-state index contributed by atoms with van der Waals surface area (Å²) in [6.45, 7) is 1.51. The largest absolute Gasteiger partial charge is 0.368 e. The van der Waals surface area contributed by atoms with Crippen LogP contribution in [0.15, 0.2) is 6.20 Å². The second kappa shape index (κ2) is 2.77. The molecule has 0 aliphatic rings. The number of alkyl halides is 2. The topological polar surface area (TPSA) is 51.8 Å². The molecule has 60 valence electrons. The molecule has 11 heavy (non-hydrogen) atoms. The molecular formula is C6H7F2N3. The number of aryl methyl sites for hydroxylation is 1. The van der Waals surface area contributed by atoms with Gasteiger partial charge in [0, 0.05) is 6.20 Å². The molecule has 0 amide bonds. The van der Waals surface area contributed by atoms with E-state index in [1.807, 2.05) is 0 Å². The lowest BCUT2D eigenvalue weighted by Gasteiger charge is -2.02. The maximum atomic E-state index is 12.1. The number of aromatic nitrogens is 2. The first-order valence-corrected chi connectivity index (χ1v) is 2.98. The Balaban J connectivity index is 3.13. The quantitative estimate of drug-likeness (QED) is 0.672. The Morgan fingerprint density at radius 3 is 2.64 bits per heavy atom. The van der Waals surface area contributed by atoms with Crippen LogP contribution < -0.4 is 5.73 Å². The molecule has 1 rings (SSSR count). The standard InChI is InChI=1S/C6H7F2N3/c1-3-2-10-6(9)11-4(3)5(7)8/h2,5H,1H3,(H2,9,10,11). The highest BCUT2D eigenvalue weighted by Crippen LogP contribution is 2.19. The molecule has 0 atom stereocenters. The van der Waals surface area contributed by atoms with Crippen molar-refractivity contribution in [3.8, 4) is 0 Å². The van der Waals surface area contributed by atoms with Crippen LogP contribution in [0, 0.1) is 6.92 Å². The highest BCUT2D eigenvalue weighted by Gasteiger charge is 2.12. The Morgan fingerprint density at radius 1 is 1.55 bits per heavy atom. The van der Waals surface area contributed by atoms with Gasteiger partial charge in [-0.1, -0.05) is 0 Å². The van der Waals surface area contributed by atoms with Gasteiger partial charge < -0.3 is 5.73 Å². The van der Waals surface area contributed by atoms with Crippen LogP contribution in [0.2, 0.25) is 0 Å². The molecule has 0 aliphatic heterocycles. The third-order valence-electron chi connectivity index (χ3n) is 1.24. The second-order valence-electron chi connectivity index (χ2n) is 2.10. The summed E-state index contributed by atoms with van der Waals surface area (Å²) in [5.41, 5.74) is 5.17. The third-order valence-corrected chi connectivity index (χ3v) is 1.24. The summed E-state index contributed by atoms with van der Waals surface area (Å²) in [6, 6.07) is 0. The van der Waals surface area contributed by atoms with Gasteiger partial charge in [0.05, 0.1) is 0 Å². The first-order valence-electron chi connectivity index (χ1n) is 2.98. The SMILES string of the molecule is Cc1cnc(N)nc1C(F)F. The molecule has 0 spiro atoms.